The van der Waals surface area contributed by atoms with Crippen molar-refractivity contribution in [1.82, 2.24) is 9.97 Å². The van der Waals surface area contributed by atoms with E-state index in [-0.39, 0.29) is 17.5 Å². The number of carbonyl (C=O) groups excluding carboxylic acids is 1. The SMILES string of the molecule is COC(=O)Cc1cnc(-c2ccccc2C)nc1Cl. The Bertz CT molecular complexity index is 614. The Morgan fingerprint density at radius 2 is 2.11 bits per heavy atom. The van der Waals surface area contributed by atoms with Crippen LogP contribution in [0.4, 0.5) is 0 Å². The van der Waals surface area contributed by atoms with Crippen LogP contribution in [-0.2, 0) is 16.0 Å². The number of benzene rings is 1. The van der Waals surface area contributed by atoms with E-state index >= 15 is 0 Å². The van der Waals surface area contributed by atoms with Gasteiger partial charge in [0.1, 0.15) is 5.15 Å². The lowest BCUT2D eigenvalue weighted by Crippen LogP contribution is -2.06. The Labute approximate surface area is 116 Å². The number of esters is 1. The quantitative estimate of drug-likeness (QED) is 0.639. The summed E-state index contributed by atoms with van der Waals surface area (Å²) in [6, 6.07) is 7.78. The van der Waals surface area contributed by atoms with Crippen LogP contribution >= 0.6 is 11.6 Å². The lowest BCUT2D eigenvalue weighted by atomic mass is 10.1. The molecular formula is C14H13ClN2O2. The summed E-state index contributed by atoms with van der Waals surface area (Å²) < 4.78 is 4.59. The number of rotatable bonds is 3. The lowest BCUT2D eigenvalue weighted by molar-refractivity contribution is -0.139. The fourth-order valence-electron chi connectivity index (χ4n) is 1.69. The average molecular weight is 277 g/mol. The monoisotopic (exact) mass is 276 g/mol. The molecule has 0 saturated heterocycles. The van der Waals surface area contributed by atoms with E-state index in [1.54, 1.807) is 6.20 Å². The molecular weight excluding hydrogens is 264 g/mol. The number of aryl methyl sites for hydroxylation is 1. The van der Waals surface area contributed by atoms with Crippen molar-refractivity contribution in [3.05, 3.63) is 46.7 Å². The largest absolute Gasteiger partial charge is 0.469 e. The average Bonchev–Trinajstić information content (AvgIpc) is 2.41. The van der Waals surface area contributed by atoms with Gasteiger partial charge in [0, 0.05) is 17.3 Å². The summed E-state index contributed by atoms with van der Waals surface area (Å²) in [5.74, 6) is 0.186. The number of carbonyl (C=O) groups is 1. The second kappa shape index (κ2) is 5.80. The highest BCUT2D eigenvalue weighted by atomic mass is 35.5. The van der Waals surface area contributed by atoms with Crippen molar-refractivity contribution in [2.45, 2.75) is 13.3 Å². The van der Waals surface area contributed by atoms with Crippen molar-refractivity contribution in [3.63, 3.8) is 0 Å². The van der Waals surface area contributed by atoms with Crippen molar-refractivity contribution < 1.29 is 9.53 Å². The van der Waals surface area contributed by atoms with Gasteiger partial charge in [0.2, 0.25) is 0 Å². The number of methoxy groups -OCH3 is 1. The van der Waals surface area contributed by atoms with Gasteiger partial charge in [-0.05, 0) is 12.5 Å². The van der Waals surface area contributed by atoms with E-state index < -0.39 is 0 Å². The third-order valence-electron chi connectivity index (χ3n) is 2.76. The zero-order valence-electron chi connectivity index (χ0n) is 10.7. The highest BCUT2D eigenvalue weighted by molar-refractivity contribution is 6.30. The van der Waals surface area contributed by atoms with Crippen molar-refractivity contribution in [2.24, 2.45) is 0 Å². The molecule has 1 heterocycles. The number of aromatic nitrogens is 2. The minimum Gasteiger partial charge on any atom is -0.469 e. The van der Waals surface area contributed by atoms with Crippen LogP contribution in [0.2, 0.25) is 5.15 Å². The molecule has 19 heavy (non-hydrogen) atoms. The maximum Gasteiger partial charge on any atom is 0.310 e. The van der Waals surface area contributed by atoms with Gasteiger partial charge < -0.3 is 4.74 Å². The van der Waals surface area contributed by atoms with Gasteiger partial charge in [0.15, 0.2) is 5.82 Å². The summed E-state index contributed by atoms with van der Waals surface area (Å²) in [4.78, 5) is 19.7. The Morgan fingerprint density at radius 1 is 1.37 bits per heavy atom. The Hall–Kier alpha value is -1.94. The predicted molar refractivity (Wildman–Crippen MR) is 72.9 cm³/mol. The maximum atomic E-state index is 11.2. The zero-order chi connectivity index (χ0) is 13.8. The smallest absolute Gasteiger partial charge is 0.310 e. The van der Waals surface area contributed by atoms with Gasteiger partial charge in [-0.15, -0.1) is 0 Å². The first-order chi connectivity index (χ1) is 9.11. The van der Waals surface area contributed by atoms with Gasteiger partial charge >= 0.3 is 5.97 Å². The molecule has 0 bridgehead atoms. The van der Waals surface area contributed by atoms with E-state index in [1.165, 1.54) is 7.11 Å². The number of hydrogen-bond donors (Lipinski definition) is 0. The molecule has 2 aromatic rings. The second-order valence-electron chi connectivity index (χ2n) is 4.08. The maximum absolute atomic E-state index is 11.2. The molecule has 0 radical (unpaired) electrons. The summed E-state index contributed by atoms with van der Waals surface area (Å²) in [5.41, 5.74) is 2.55. The van der Waals surface area contributed by atoms with Gasteiger partial charge in [-0.3, -0.25) is 4.79 Å². The molecule has 0 unspecified atom stereocenters. The van der Waals surface area contributed by atoms with Crippen molar-refractivity contribution in [3.8, 4) is 11.4 Å². The van der Waals surface area contributed by atoms with Crippen molar-refractivity contribution >= 4 is 17.6 Å². The molecule has 0 N–H and O–H groups in total. The first kappa shape index (κ1) is 13.5. The zero-order valence-corrected chi connectivity index (χ0v) is 11.4. The molecule has 5 heteroatoms. The van der Waals surface area contributed by atoms with E-state index in [4.69, 9.17) is 11.6 Å². The topological polar surface area (TPSA) is 52.1 Å². The lowest BCUT2D eigenvalue weighted by Gasteiger charge is -2.06. The predicted octanol–water partition coefficient (Wildman–Crippen LogP) is 2.82. The third kappa shape index (κ3) is 3.09. The second-order valence-corrected chi connectivity index (χ2v) is 4.44. The van der Waals surface area contributed by atoms with E-state index in [2.05, 4.69) is 14.7 Å². The first-order valence-corrected chi connectivity index (χ1v) is 6.14. The van der Waals surface area contributed by atoms with E-state index in [0.717, 1.165) is 11.1 Å². The van der Waals surface area contributed by atoms with Crippen LogP contribution in [0.1, 0.15) is 11.1 Å². The van der Waals surface area contributed by atoms with Crippen molar-refractivity contribution in [2.75, 3.05) is 7.11 Å². The van der Waals surface area contributed by atoms with Crippen LogP contribution < -0.4 is 0 Å². The standard InChI is InChI=1S/C14H13ClN2O2/c1-9-5-3-4-6-11(9)14-16-8-10(13(15)17-14)7-12(18)19-2/h3-6,8H,7H2,1-2H3. The normalized spacial score (nSPS) is 10.3. The van der Waals surface area contributed by atoms with Crippen LogP contribution in [0.3, 0.4) is 0 Å². The Kier molecular flexibility index (Phi) is 4.12. The molecule has 1 aromatic heterocycles. The van der Waals surface area contributed by atoms with Gasteiger partial charge in [0.05, 0.1) is 13.5 Å². The minimum absolute atomic E-state index is 0.0728. The number of nitrogens with zero attached hydrogens (tertiary/aromatic N) is 2. The van der Waals surface area contributed by atoms with E-state index in [0.29, 0.717) is 11.4 Å². The molecule has 0 fully saturated rings. The first-order valence-electron chi connectivity index (χ1n) is 5.76. The molecule has 0 amide bonds. The Balaban J connectivity index is 2.34. The van der Waals surface area contributed by atoms with E-state index in [1.807, 2.05) is 31.2 Å². The molecule has 0 aliphatic heterocycles. The van der Waals surface area contributed by atoms with Gasteiger partial charge in [-0.2, -0.15) is 0 Å². The number of ether oxygens (including phenoxy) is 1. The summed E-state index contributed by atoms with van der Waals surface area (Å²) in [6.07, 6.45) is 1.64. The van der Waals surface area contributed by atoms with Crippen LogP contribution in [0.5, 0.6) is 0 Å². The molecule has 4 nitrogen and oxygen atoms in total. The molecule has 1 aromatic carbocycles. The number of halogens is 1. The summed E-state index contributed by atoms with van der Waals surface area (Å²) >= 11 is 6.07. The Morgan fingerprint density at radius 3 is 2.74 bits per heavy atom. The summed E-state index contributed by atoms with van der Waals surface area (Å²) in [7, 11) is 1.33. The van der Waals surface area contributed by atoms with E-state index in [9.17, 15) is 4.79 Å². The van der Waals surface area contributed by atoms with Gasteiger partial charge in [0.25, 0.3) is 0 Å². The van der Waals surface area contributed by atoms with Crippen molar-refractivity contribution in [1.29, 1.82) is 0 Å². The molecule has 0 spiro atoms. The molecule has 2 rings (SSSR count). The van der Waals surface area contributed by atoms with Crippen LogP contribution in [0, 0.1) is 6.92 Å². The van der Waals surface area contributed by atoms with Crippen LogP contribution in [0.25, 0.3) is 11.4 Å². The van der Waals surface area contributed by atoms with Crippen LogP contribution in [0.15, 0.2) is 30.5 Å². The molecule has 0 aliphatic rings. The van der Waals surface area contributed by atoms with Gasteiger partial charge in [-0.25, -0.2) is 9.97 Å². The highest BCUT2D eigenvalue weighted by Crippen LogP contribution is 2.22. The van der Waals surface area contributed by atoms with Gasteiger partial charge in [-0.1, -0.05) is 35.9 Å². The fourth-order valence-corrected chi connectivity index (χ4v) is 1.88. The van der Waals surface area contributed by atoms with Crippen LogP contribution in [-0.4, -0.2) is 23.0 Å². The molecule has 98 valence electrons. The molecule has 0 aliphatic carbocycles. The summed E-state index contributed by atoms with van der Waals surface area (Å²) in [5, 5.41) is 0.277. The summed E-state index contributed by atoms with van der Waals surface area (Å²) in [6.45, 7) is 1.98. The number of hydrogen-bond acceptors (Lipinski definition) is 4. The third-order valence-corrected chi connectivity index (χ3v) is 3.09. The molecule has 0 atom stereocenters. The minimum atomic E-state index is -0.367. The fraction of sp³-hybridized carbons (Fsp3) is 0.214. The molecule has 0 saturated carbocycles. The highest BCUT2D eigenvalue weighted by Gasteiger charge is 2.11.